The predicted molar refractivity (Wildman–Crippen MR) is 80.7 cm³/mol. The van der Waals surface area contributed by atoms with Gasteiger partial charge in [-0.15, -0.1) is 12.3 Å². The van der Waals surface area contributed by atoms with Gasteiger partial charge in [0.05, 0.1) is 10.5 Å². The van der Waals surface area contributed by atoms with Crippen LogP contribution in [0.1, 0.15) is 41.3 Å². The Labute approximate surface area is 125 Å². The quantitative estimate of drug-likeness (QED) is 0.788. The molecule has 0 fully saturated rings. The Morgan fingerprint density at radius 1 is 1.43 bits per heavy atom. The highest BCUT2D eigenvalue weighted by atomic mass is 32.2. The molecule has 1 atom stereocenters. The third-order valence-corrected chi connectivity index (χ3v) is 4.98. The zero-order valence-corrected chi connectivity index (χ0v) is 13.1. The van der Waals surface area contributed by atoms with Crippen molar-refractivity contribution in [2.45, 2.75) is 44.6 Å². The van der Waals surface area contributed by atoms with Crippen LogP contribution >= 0.6 is 0 Å². The SMILES string of the molecule is C#CCC(CC)NS(=O)(=O)c1cc(C(=O)O)cc(C)c1C. The third kappa shape index (κ3) is 4.06. The summed E-state index contributed by atoms with van der Waals surface area (Å²) in [6, 6.07) is 2.26. The lowest BCUT2D eigenvalue weighted by molar-refractivity contribution is 0.0696. The minimum atomic E-state index is -3.81. The minimum absolute atomic E-state index is 0.0182. The van der Waals surface area contributed by atoms with Gasteiger partial charge >= 0.3 is 5.97 Å². The molecule has 5 nitrogen and oxygen atoms in total. The van der Waals surface area contributed by atoms with Crippen molar-refractivity contribution >= 4 is 16.0 Å². The number of rotatable bonds is 6. The number of aromatic carboxylic acids is 1. The predicted octanol–water partition coefficient (Wildman–Crippen LogP) is 2.08. The average Bonchev–Trinajstić information content (AvgIpc) is 2.40. The van der Waals surface area contributed by atoms with Gasteiger partial charge in [-0.3, -0.25) is 0 Å². The molecule has 0 aliphatic rings. The van der Waals surface area contributed by atoms with E-state index in [0.29, 0.717) is 17.5 Å². The zero-order valence-electron chi connectivity index (χ0n) is 12.3. The molecular weight excluding hydrogens is 290 g/mol. The monoisotopic (exact) mass is 309 g/mol. The van der Waals surface area contributed by atoms with Crippen molar-refractivity contribution in [2.24, 2.45) is 0 Å². The zero-order chi connectivity index (χ0) is 16.2. The van der Waals surface area contributed by atoms with Gasteiger partial charge in [-0.25, -0.2) is 17.9 Å². The molecule has 1 rings (SSSR count). The maximum absolute atomic E-state index is 12.5. The lowest BCUT2D eigenvalue weighted by atomic mass is 10.1. The number of hydrogen-bond donors (Lipinski definition) is 2. The molecule has 21 heavy (non-hydrogen) atoms. The summed E-state index contributed by atoms with van der Waals surface area (Å²) < 4.78 is 27.4. The van der Waals surface area contributed by atoms with Gasteiger partial charge in [0.15, 0.2) is 0 Å². The highest BCUT2D eigenvalue weighted by Gasteiger charge is 2.23. The van der Waals surface area contributed by atoms with Crippen LogP contribution in [0.25, 0.3) is 0 Å². The van der Waals surface area contributed by atoms with Crippen LogP contribution < -0.4 is 4.72 Å². The molecule has 0 radical (unpaired) electrons. The summed E-state index contributed by atoms with van der Waals surface area (Å²) in [7, 11) is -3.81. The van der Waals surface area contributed by atoms with Crippen molar-refractivity contribution in [3.63, 3.8) is 0 Å². The van der Waals surface area contributed by atoms with Crippen LogP contribution in [-0.4, -0.2) is 25.5 Å². The van der Waals surface area contributed by atoms with Crippen LogP contribution in [0.5, 0.6) is 0 Å². The first-order valence-electron chi connectivity index (χ1n) is 6.53. The first-order valence-corrected chi connectivity index (χ1v) is 8.01. The highest BCUT2D eigenvalue weighted by molar-refractivity contribution is 7.89. The molecule has 6 heteroatoms. The molecule has 0 aliphatic carbocycles. The van der Waals surface area contributed by atoms with Crippen molar-refractivity contribution in [3.05, 3.63) is 28.8 Å². The number of benzene rings is 1. The molecule has 114 valence electrons. The summed E-state index contributed by atoms with van der Waals surface area (Å²) in [6.45, 7) is 5.16. The van der Waals surface area contributed by atoms with E-state index in [-0.39, 0.29) is 22.9 Å². The molecule has 0 saturated heterocycles. The minimum Gasteiger partial charge on any atom is -0.478 e. The largest absolute Gasteiger partial charge is 0.478 e. The molecule has 2 N–H and O–H groups in total. The molecule has 0 heterocycles. The normalized spacial score (nSPS) is 12.7. The van der Waals surface area contributed by atoms with Crippen molar-refractivity contribution in [1.82, 2.24) is 4.72 Å². The number of hydrogen-bond acceptors (Lipinski definition) is 3. The van der Waals surface area contributed by atoms with E-state index < -0.39 is 16.0 Å². The average molecular weight is 309 g/mol. The fourth-order valence-corrected chi connectivity index (χ4v) is 3.59. The summed E-state index contributed by atoms with van der Waals surface area (Å²) in [5, 5.41) is 9.06. The molecule has 0 spiro atoms. The maximum Gasteiger partial charge on any atom is 0.335 e. The van der Waals surface area contributed by atoms with E-state index in [2.05, 4.69) is 10.6 Å². The van der Waals surface area contributed by atoms with E-state index in [0.717, 1.165) is 0 Å². The van der Waals surface area contributed by atoms with E-state index >= 15 is 0 Å². The molecule has 0 amide bonds. The van der Waals surface area contributed by atoms with Gasteiger partial charge in [-0.1, -0.05) is 6.92 Å². The molecule has 1 aromatic carbocycles. The number of aryl methyl sites for hydroxylation is 1. The second kappa shape index (κ2) is 6.74. The van der Waals surface area contributed by atoms with Gasteiger partial charge in [0, 0.05) is 12.5 Å². The Balaban J connectivity index is 3.31. The number of sulfonamides is 1. The van der Waals surface area contributed by atoms with Gasteiger partial charge in [0.2, 0.25) is 10.0 Å². The van der Waals surface area contributed by atoms with Crippen molar-refractivity contribution in [1.29, 1.82) is 0 Å². The number of carboxylic acids is 1. The molecule has 0 bridgehead atoms. The fourth-order valence-electron chi connectivity index (χ4n) is 1.92. The van der Waals surface area contributed by atoms with Crippen LogP contribution in [0.15, 0.2) is 17.0 Å². The topological polar surface area (TPSA) is 83.5 Å². The molecule has 0 saturated carbocycles. The Morgan fingerprint density at radius 2 is 2.05 bits per heavy atom. The van der Waals surface area contributed by atoms with Gasteiger partial charge in [0.25, 0.3) is 0 Å². The van der Waals surface area contributed by atoms with Crippen LogP contribution in [0.2, 0.25) is 0 Å². The van der Waals surface area contributed by atoms with Gasteiger partial charge in [0.1, 0.15) is 0 Å². The van der Waals surface area contributed by atoms with E-state index in [1.54, 1.807) is 13.8 Å². The number of terminal acetylenes is 1. The second-order valence-corrected chi connectivity index (χ2v) is 6.54. The van der Waals surface area contributed by atoms with Crippen molar-refractivity contribution < 1.29 is 18.3 Å². The third-order valence-electron chi connectivity index (χ3n) is 3.34. The van der Waals surface area contributed by atoms with E-state index in [1.165, 1.54) is 12.1 Å². The summed E-state index contributed by atoms with van der Waals surface area (Å²) in [5.74, 6) is 1.27. The fraction of sp³-hybridized carbons (Fsp3) is 0.400. The molecule has 1 unspecified atom stereocenters. The van der Waals surface area contributed by atoms with Crippen LogP contribution in [0.4, 0.5) is 0 Å². The first-order chi connectivity index (χ1) is 9.72. The Bertz CT molecular complexity index is 686. The Hall–Kier alpha value is -1.84. The number of carboxylic acid groups (broad SMARTS) is 1. The highest BCUT2D eigenvalue weighted by Crippen LogP contribution is 2.22. The van der Waals surface area contributed by atoms with Gasteiger partial charge < -0.3 is 5.11 Å². The first kappa shape index (κ1) is 17.2. The Kier molecular flexibility index (Phi) is 5.53. The second-order valence-electron chi connectivity index (χ2n) is 4.86. The molecule has 1 aromatic rings. The van der Waals surface area contributed by atoms with E-state index in [1.807, 2.05) is 6.92 Å². The summed E-state index contributed by atoms with van der Waals surface area (Å²) in [6.07, 6.45) is 6.06. The van der Waals surface area contributed by atoms with Crippen LogP contribution in [0, 0.1) is 26.2 Å². The lowest BCUT2D eigenvalue weighted by Crippen LogP contribution is -2.34. The standard InChI is InChI=1S/C15H19NO4S/c1-5-7-13(6-2)16-21(19,20)14-9-12(15(17)18)8-10(3)11(14)4/h1,8-9,13,16H,6-7H2,2-4H3,(H,17,18). The Morgan fingerprint density at radius 3 is 2.52 bits per heavy atom. The van der Waals surface area contributed by atoms with Crippen molar-refractivity contribution in [3.8, 4) is 12.3 Å². The van der Waals surface area contributed by atoms with Crippen LogP contribution in [0.3, 0.4) is 0 Å². The van der Waals surface area contributed by atoms with Gasteiger partial charge in [-0.05, 0) is 43.5 Å². The van der Waals surface area contributed by atoms with Crippen molar-refractivity contribution in [2.75, 3.05) is 0 Å². The smallest absolute Gasteiger partial charge is 0.335 e. The van der Waals surface area contributed by atoms with Gasteiger partial charge in [-0.2, -0.15) is 0 Å². The number of nitrogens with one attached hydrogen (secondary N) is 1. The summed E-state index contributed by atoms with van der Waals surface area (Å²) in [4.78, 5) is 11.1. The number of carbonyl (C=O) groups is 1. The molecule has 0 aromatic heterocycles. The maximum atomic E-state index is 12.5. The molecular formula is C15H19NO4S. The van der Waals surface area contributed by atoms with E-state index in [9.17, 15) is 13.2 Å². The van der Waals surface area contributed by atoms with Crippen LogP contribution in [-0.2, 0) is 10.0 Å². The lowest BCUT2D eigenvalue weighted by Gasteiger charge is -2.17. The molecule has 0 aliphatic heterocycles. The summed E-state index contributed by atoms with van der Waals surface area (Å²) >= 11 is 0. The summed E-state index contributed by atoms with van der Waals surface area (Å²) in [5.41, 5.74) is 1.09. The van der Waals surface area contributed by atoms with E-state index in [4.69, 9.17) is 11.5 Å².